The van der Waals surface area contributed by atoms with Gasteiger partial charge in [0.2, 0.25) is 0 Å². The van der Waals surface area contributed by atoms with Gasteiger partial charge in [-0.05, 0) is 19.1 Å². The fourth-order valence-electron chi connectivity index (χ4n) is 0.545. The Morgan fingerprint density at radius 3 is 1.89 bits per heavy atom. The molecule has 1 aromatic rings. The maximum absolute atomic E-state index is 8.76. The number of aromatic hydroxyl groups is 1. The van der Waals surface area contributed by atoms with Gasteiger partial charge in [0.25, 0.3) is 0 Å². The Bertz CT molecular complexity index is 148. The summed E-state index contributed by atoms with van der Waals surface area (Å²) in [6.45, 7) is 1.99. The quantitative estimate of drug-likeness (QED) is 0.685. The van der Waals surface area contributed by atoms with Crippen molar-refractivity contribution in [1.82, 2.24) is 0 Å². The van der Waals surface area contributed by atoms with Gasteiger partial charge in [0.15, 0.2) is 0 Å². The Morgan fingerprint density at radius 1 is 1.11 bits per heavy atom. The number of aryl methyl sites for hydroxylation is 1. The number of phenolic OH excluding ortho intramolecular Hbond substituents is 1. The molecule has 0 aromatic heterocycles. The first-order valence-electron chi connectivity index (χ1n) is 2.54. The van der Waals surface area contributed by atoms with Crippen LogP contribution in [0, 0.1) is 6.92 Å². The number of hydrogen-bond acceptors (Lipinski definition) is 1. The highest BCUT2D eigenvalue weighted by Gasteiger charge is 1.82. The zero-order valence-electron chi connectivity index (χ0n) is 5.16. The molecule has 1 rings (SSSR count). The van der Waals surface area contributed by atoms with Gasteiger partial charge >= 0.3 is 0 Å². The molecule has 0 atom stereocenters. The largest absolute Gasteiger partial charge is 0.508 e. The van der Waals surface area contributed by atoms with Crippen molar-refractivity contribution in [3.8, 4) is 5.75 Å². The summed E-state index contributed by atoms with van der Waals surface area (Å²) in [5.74, 6) is 0.329. The minimum Gasteiger partial charge on any atom is -0.508 e. The van der Waals surface area contributed by atoms with Crippen LogP contribution in [0.3, 0.4) is 0 Å². The fourth-order valence-corrected chi connectivity index (χ4v) is 0.545. The second kappa shape index (κ2) is 3.71. The Morgan fingerprint density at radius 2 is 1.56 bits per heavy atom. The summed E-state index contributed by atoms with van der Waals surface area (Å²) >= 11 is 0. The molecule has 0 spiro atoms. The molecule has 0 saturated heterocycles. The summed E-state index contributed by atoms with van der Waals surface area (Å²) in [6.07, 6.45) is 0. The summed E-state index contributed by atoms with van der Waals surface area (Å²) in [6, 6.07) is 7.09. The molecule has 0 bridgehead atoms. The lowest BCUT2D eigenvalue weighted by atomic mass is 10.2. The predicted octanol–water partition coefficient (Wildman–Crippen LogP) is 2.32. The van der Waals surface area contributed by atoms with Crippen molar-refractivity contribution in [2.45, 2.75) is 6.92 Å². The van der Waals surface area contributed by atoms with E-state index in [1.807, 2.05) is 19.1 Å². The molecular weight excluding hydrogens is 227 g/mol. The molecule has 1 aromatic carbocycles. The summed E-state index contributed by atoms with van der Waals surface area (Å²) in [5, 5.41) is 8.76. The van der Waals surface area contributed by atoms with Gasteiger partial charge in [0.05, 0.1) is 0 Å². The van der Waals surface area contributed by atoms with E-state index in [0.717, 1.165) is 0 Å². The average Bonchev–Trinajstić information content (AvgIpc) is 1.77. The van der Waals surface area contributed by atoms with E-state index >= 15 is 0 Å². The lowest BCUT2D eigenvalue weighted by molar-refractivity contribution is 0.475. The van der Waals surface area contributed by atoms with E-state index in [4.69, 9.17) is 5.11 Å². The van der Waals surface area contributed by atoms with Crippen LogP contribution in [0.5, 0.6) is 5.75 Å². The van der Waals surface area contributed by atoms with Crippen molar-refractivity contribution in [1.29, 1.82) is 0 Å². The molecule has 0 amide bonds. The van der Waals surface area contributed by atoms with Crippen molar-refractivity contribution in [2.24, 2.45) is 0 Å². The SMILES string of the molecule is Cc1ccc(O)cc1.I. The number of hydrogen-bond donors (Lipinski definition) is 1. The molecule has 1 N–H and O–H groups in total. The average molecular weight is 236 g/mol. The maximum atomic E-state index is 8.76. The molecule has 0 aliphatic rings. The van der Waals surface area contributed by atoms with Crippen molar-refractivity contribution < 1.29 is 5.11 Å². The molecule has 1 nitrogen and oxygen atoms in total. The van der Waals surface area contributed by atoms with Crippen LogP contribution in [-0.2, 0) is 0 Å². The predicted molar refractivity (Wildman–Crippen MR) is 48.3 cm³/mol. The minimum atomic E-state index is 0. The molecule has 0 aliphatic carbocycles. The molecule has 0 radical (unpaired) electrons. The van der Waals surface area contributed by atoms with Crippen LogP contribution in [-0.4, -0.2) is 5.11 Å². The second-order valence-corrected chi connectivity index (χ2v) is 1.84. The topological polar surface area (TPSA) is 20.2 Å². The van der Waals surface area contributed by atoms with Gasteiger partial charge in [-0.3, -0.25) is 0 Å². The highest BCUT2D eigenvalue weighted by atomic mass is 127. The fraction of sp³-hybridized carbons (Fsp3) is 0.143. The Labute approximate surface area is 71.7 Å². The molecule has 0 fully saturated rings. The van der Waals surface area contributed by atoms with E-state index in [9.17, 15) is 0 Å². The van der Waals surface area contributed by atoms with E-state index in [-0.39, 0.29) is 24.0 Å². The molecule has 0 unspecified atom stereocenters. The van der Waals surface area contributed by atoms with E-state index in [1.54, 1.807) is 12.1 Å². The molecule has 50 valence electrons. The van der Waals surface area contributed by atoms with Crippen LogP contribution < -0.4 is 0 Å². The minimum absolute atomic E-state index is 0. The van der Waals surface area contributed by atoms with Crippen molar-refractivity contribution in [3.63, 3.8) is 0 Å². The van der Waals surface area contributed by atoms with Gasteiger partial charge in [-0.2, -0.15) is 0 Å². The van der Waals surface area contributed by atoms with E-state index < -0.39 is 0 Å². The molecular formula is C7H9IO. The van der Waals surface area contributed by atoms with Crippen LogP contribution in [0.15, 0.2) is 24.3 Å². The van der Waals surface area contributed by atoms with E-state index in [0.29, 0.717) is 5.75 Å². The first-order chi connectivity index (χ1) is 3.79. The number of benzene rings is 1. The van der Waals surface area contributed by atoms with Gasteiger partial charge in [-0.25, -0.2) is 0 Å². The number of halogens is 1. The first kappa shape index (κ1) is 8.75. The Hall–Kier alpha value is -0.250. The van der Waals surface area contributed by atoms with Crippen LogP contribution >= 0.6 is 24.0 Å². The zero-order chi connectivity index (χ0) is 5.98. The molecule has 0 heterocycles. The zero-order valence-corrected chi connectivity index (χ0v) is 7.50. The van der Waals surface area contributed by atoms with Crippen molar-refractivity contribution in [3.05, 3.63) is 29.8 Å². The normalized spacial score (nSPS) is 8.11. The Balaban J connectivity index is 0.000000640. The summed E-state index contributed by atoms with van der Waals surface area (Å²) in [4.78, 5) is 0. The van der Waals surface area contributed by atoms with Crippen LogP contribution in [0.4, 0.5) is 0 Å². The van der Waals surface area contributed by atoms with Gasteiger partial charge < -0.3 is 5.11 Å². The van der Waals surface area contributed by atoms with Crippen molar-refractivity contribution in [2.75, 3.05) is 0 Å². The standard InChI is InChI=1S/C7H8O.HI/c1-6-2-4-7(8)5-3-6;/h2-5,8H,1H3;1H. The second-order valence-electron chi connectivity index (χ2n) is 1.84. The highest BCUT2D eigenvalue weighted by molar-refractivity contribution is 14.0. The van der Waals surface area contributed by atoms with Crippen LogP contribution in [0.25, 0.3) is 0 Å². The lowest BCUT2D eigenvalue weighted by Gasteiger charge is -1.89. The van der Waals surface area contributed by atoms with Crippen molar-refractivity contribution >= 4 is 24.0 Å². The molecule has 0 saturated carbocycles. The summed E-state index contributed by atoms with van der Waals surface area (Å²) in [7, 11) is 0. The first-order valence-corrected chi connectivity index (χ1v) is 2.54. The van der Waals surface area contributed by atoms with Gasteiger partial charge in [-0.15, -0.1) is 24.0 Å². The van der Waals surface area contributed by atoms with Gasteiger partial charge in [-0.1, -0.05) is 17.7 Å². The van der Waals surface area contributed by atoms with E-state index in [2.05, 4.69) is 0 Å². The molecule has 9 heavy (non-hydrogen) atoms. The number of rotatable bonds is 0. The monoisotopic (exact) mass is 236 g/mol. The summed E-state index contributed by atoms with van der Waals surface area (Å²) in [5.41, 5.74) is 1.17. The summed E-state index contributed by atoms with van der Waals surface area (Å²) < 4.78 is 0. The molecule has 2 heteroatoms. The van der Waals surface area contributed by atoms with Crippen LogP contribution in [0.2, 0.25) is 0 Å². The smallest absolute Gasteiger partial charge is 0.115 e. The van der Waals surface area contributed by atoms with Crippen LogP contribution in [0.1, 0.15) is 5.56 Å². The lowest BCUT2D eigenvalue weighted by Crippen LogP contribution is -1.66. The molecule has 0 aliphatic heterocycles. The third-order valence-corrected chi connectivity index (χ3v) is 1.03. The van der Waals surface area contributed by atoms with Gasteiger partial charge in [0, 0.05) is 0 Å². The third-order valence-electron chi connectivity index (χ3n) is 1.03. The Kier molecular flexibility index (Phi) is 3.61. The highest BCUT2D eigenvalue weighted by Crippen LogP contribution is 2.07. The third kappa shape index (κ3) is 2.70. The van der Waals surface area contributed by atoms with Gasteiger partial charge in [0.1, 0.15) is 5.75 Å². The number of phenols is 1. The van der Waals surface area contributed by atoms with E-state index in [1.165, 1.54) is 5.56 Å². The maximum Gasteiger partial charge on any atom is 0.115 e.